The van der Waals surface area contributed by atoms with Crippen molar-refractivity contribution >= 4 is 26.6 Å². The summed E-state index contributed by atoms with van der Waals surface area (Å²) in [6.45, 7) is 4.04. The molecule has 0 amide bonds. The Kier molecular flexibility index (Phi) is 48.9. The number of aliphatic hydroxyl groups excluding tert-OH is 10. The Morgan fingerprint density at radius 2 is 0.605 bits per heavy atom. The second kappa shape index (κ2) is 47.2. The molecule has 2 fully saturated rings. The molecule has 0 bridgehead atoms. The smallest absolute Gasteiger partial charge is 0.538 e. The van der Waals surface area contributed by atoms with Crippen molar-refractivity contribution in [2.45, 2.75) is 293 Å². The van der Waals surface area contributed by atoms with Crippen LogP contribution in [-0.4, -0.2) is 150 Å². The number of carboxylic acid groups (broad SMARTS) is 2. The molecule has 10 N–H and O–H groups in total. The van der Waals surface area contributed by atoms with E-state index in [-0.39, 0.29) is 72.3 Å². The van der Waals surface area contributed by atoms with E-state index in [4.69, 9.17) is 18.5 Å². The van der Waals surface area contributed by atoms with E-state index in [1.165, 1.54) is 141 Å². The first-order valence-corrected chi connectivity index (χ1v) is 30.8. The van der Waals surface area contributed by atoms with Crippen LogP contribution in [-0.2, 0) is 36.7 Å². The maximum Gasteiger partial charge on any atom is 1.00 e. The molecule has 0 radical (unpaired) electrons. The molecule has 0 saturated carbocycles. The van der Waals surface area contributed by atoms with E-state index in [0.29, 0.717) is 12.8 Å². The van der Waals surface area contributed by atoms with E-state index in [1.807, 2.05) is 0 Å². The predicted octanol–water partition coefficient (Wildman–Crippen LogP) is -0.120. The molecule has 0 aromatic heterocycles. The van der Waals surface area contributed by atoms with Gasteiger partial charge < -0.3 is 89.4 Å². The summed E-state index contributed by atoms with van der Waals surface area (Å²) in [4.78, 5) is 22.7. The van der Waals surface area contributed by atoms with Crippen LogP contribution in [0.4, 0.5) is 9.59 Å². The molecular formula is C50H96Na2O22P2. The fraction of sp³-hybridized carbons (Fsp3) is 0.960. The molecule has 4 unspecified atom stereocenters. The van der Waals surface area contributed by atoms with Crippen LogP contribution in [0, 0.1) is 0 Å². The summed E-state index contributed by atoms with van der Waals surface area (Å²) in [5, 5.41) is 120. The molecule has 2 heterocycles. The summed E-state index contributed by atoms with van der Waals surface area (Å²) in [5.74, 6) is 0. The average molecular weight is 1160 g/mol. The third-order valence-corrected chi connectivity index (χ3v) is 16.2. The Morgan fingerprint density at radius 3 is 0.816 bits per heavy atom. The van der Waals surface area contributed by atoms with Crippen molar-refractivity contribution in [1.82, 2.24) is 0 Å². The third-order valence-electron chi connectivity index (χ3n) is 13.3. The first kappa shape index (κ1) is 78.8. The van der Waals surface area contributed by atoms with Gasteiger partial charge in [0.1, 0.15) is 48.8 Å². The summed E-state index contributed by atoms with van der Waals surface area (Å²) in [6.07, 6.45) is 13.3. The number of unbranched alkanes of at least 4 members (excludes halogenated alkanes) is 30. The number of aliphatic hydroxyl groups is 10. The Labute approximate surface area is 496 Å². The molecule has 0 spiro atoms. The number of carbonyl (C=O) groups excluding carboxylic acids is 2. The van der Waals surface area contributed by atoms with Gasteiger partial charge in [-0.25, -0.2) is 0 Å². The molecule has 2 aliphatic heterocycles. The van der Waals surface area contributed by atoms with Crippen LogP contribution in [0.25, 0.3) is 0 Å². The van der Waals surface area contributed by atoms with Gasteiger partial charge in [-0.1, -0.05) is 206 Å². The molecule has 26 heteroatoms. The van der Waals surface area contributed by atoms with E-state index >= 15 is 0 Å². The molecule has 2 rings (SSSR count). The van der Waals surface area contributed by atoms with Gasteiger partial charge in [-0.05, 0) is 12.8 Å². The molecule has 14 atom stereocenters. The molecule has 2 aliphatic rings. The van der Waals surface area contributed by atoms with Crippen molar-refractivity contribution in [3.05, 3.63) is 0 Å². The van der Waals surface area contributed by atoms with Gasteiger partial charge in [0, 0.05) is 0 Å². The standard InChI is InChI=1S/2C25H49O11P.2Na/c2*1-2-3-4-5-6-7-8-9-10-11-12-13-14-15-16-17-18-34-37(33,25(31)32)36-24(30)22-20(27)19(26)21(28)23(29)35-22;;/h2*19-24,26-30H,2-18H2,1H3,(H,31,32);;/q;;2*+1/p-2/t2*19-,20-,21+,22-,23-,24?,37?;;/m00../s1. The van der Waals surface area contributed by atoms with E-state index in [0.717, 1.165) is 51.4 Å². The monoisotopic (exact) mass is 1160 g/mol. The molecule has 2 saturated heterocycles. The van der Waals surface area contributed by atoms with Crippen LogP contribution in [0.1, 0.15) is 219 Å². The van der Waals surface area contributed by atoms with Gasteiger partial charge in [-0.2, -0.15) is 0 Å². The summed E-state index contributed by atoms with van der Waals surface area (Å²) in [5.41, 5.74) is -4.37. The normalized spacial score (nSPS) is 25.9. The molecule has 0 aromatic carbocycles. The maximum absolute atomic E-state index is 12.5. The molecule has 0 aliphatic carbocycles. The SMILES string of the molecule is CCCCCCCCCCCCCCCCCCOP(=O)(OC(O)[C@H]1O[C@H](O)[C@H](O)[C@@H](O)[C@@H]1O)C(=O)[O-].CCCCCCCCCCCCCCCCCCOP(=O)(OC(O)[C@H]1O[C@H](O)[C@H](O)[C@@H](O)[C@@H]1O)C(=O)[O-].[Na+].[Na+]. The summed E-state index contributed by atoms with van der Waals surface area (Å²) < 4.78 is 53.4. The minimum absolute atomic E-state index is 0. The largest absolute Gasteiger partial charge is 1.00 e. The fourth-order valence-corrected chi connectivity index (χ4v) is 10.6. The predicted molar refractivity (Wildman–Crippen MR) is 269 cm³/mol. The summed E-state index contributed by atoms with van der Waals surface area (Å²) in [6, 6.07) is 0. The van der Waals surface area contributed by atoms with E-state index < -0.39 is 101 Å². The molecule has 22 nitrogen and oxygen atoms in total. The van der Waals surface area contributed by atoms with Gasteiger partial charge in [-0.15, -0.1) is 0 Å². The van der Waals surface area contributed by atoms with Crippen LogP contribution in [0.2, 0.25) is 0 Å². The Bertz CT molecular complexity index is 1420. The Balaban J connectivity index is 0. The van der Waals surface area contributed by atoms with Crippen molar-refractivity contribution in [2.24, 2.45) is 0 Å². The number of rotatable bonds is 44. The molecular weight excluding hydrogens is 1060 g/mol. The van der Waals surface area contributed by atoms with Crippen molar-refractivity contribution in [2.75, 3.05) is 13.2 Å². The topological polar surface area (TPSA) is 372 Å². The average Bonchev–Trinajstić information content (AvgIpc) is 3.36. The quantitative estimate of drug-likeness (QED) is 0.0165. The third kappa shape index (κ3) is 33.2. The zero-order valence-corrected chi connectivity index (χ0v) is 52.0. The second-order valence-electron chi connectivity index (χ2n) is 19.7. The zero-order valence-electron chi connectivity index (χ0n) is 46.2. The first-order chi connectivity index (χ1) is 35.3. The van der Waals surface area contributed by atoms with Crippen molar-refractivity contribution in [3.63, 3.8) is 0 Å². The van der Waals surface area contributed by atoms with Crippen molar-refractivity contribution in [1.29, 1.82) is 0 Å². The van der Waals surface area contributed by atoms with Gasteiger partial charge in [0.05, 0.1) is 13.2 Å². The molecule has 76 heavy (non-hydrogen) atoms. The minimum Gasteiger partial charge on any atom is -0.538 e. The van der Waals surface area contributed by atoms with Gasteiger partial charge in [0.2, 0.25) is 0 Å². The van der Waals surface area contributed by atoms with Gasteiger partial charge in [-0.3, -0.25) is 18.2 Å². The van der Waals surface area contributed by atoms with Crippen LogP contribution in [0.15, 0.2) is 0 Å². The second-order valence-corrected chi connectivity index (χ2v) is 23.4. The van der Waals surface area contributed by atoms with Crippen LogP contribution in [0.3, 0.4) is 0 Å². The maximum atomic E-state index is 12.5. The van der Waals surface area contributed by atoms with E-state index in [2.05, 4.69) is 22.9 Å². The fourth-order valence-electron chi connectivity index (χ4n) is 8.57. The van der Waals surface area contributed by atoms with Crippen LogP contribution in [0.5, 0.6) is 0 Å². The minimum atomic E-state index is -4.95. The number of carbonyl (C=O) groups is 2. The number of hydrogen-bond donors (Lipinski definition) is 10. The van der Waals surface area contributed by atoms with Crippen molar-refractivity contribution in [3.8, 4) is 0 Å². The first-order valence-electron chi connectivity index (χ1n) is 27.7. The Hall–Kier alpha value is 0.760. The zero-order chi connectivity index (χ0) is 55.4. The van der Waals surface area contributed by atoms with Crippen molar-refractivity contribution < 1.29 is 167 Å². The van der Waals surface area contributed by atoms with Gasteiger partial charge >= 0.3 is 74.3 Å². The molecule has 0 aromatic rings. The summed E-state index contributed by atoms with van der Waals surface area (Å²) >= 11 is 0. The molecule has 440 valence electrons. The number of hydrogen-bond acceptors (Lipinski definition) is 22. The van der Waals surface area contributed by atoms with E-state index in [9.17, 15) is 80.0 Å². The van der Waals surface area contributed by atoms with E-state index in [1.54, 1.807) is 0 Å². The Morgan fingerprint density at radius 1 is 0.395 bits per heavy atom. The van der Waals surface area contributed by atoms with Gasteiger partial charge in [0.25, 0.3) is 0 Å². The van der Waals surface area contributed by atoms with Crippen LogP contribution < -0.4 is 69.3 Å². The number of ether oxygens (including phenoxy) is 2. The summed E-state index contributed by atoms with van der Waals surface area (Å²) in [7, 11) is -9.89. The van der Waals surface area contributed by atoms with Gasteiger partial charge in [0.15, 0.2) is 36.6 Å². The van der Waals surface area contributed by atoms with Crippen LogP contribution >= 0.6 is 15.2 Å².